The number of aromatic amines is 1. The smallest absolute Gasteiger partial charge is 0.178 e. The number of aryl methyl sites for hydroxylation is 1. The fourth-order valence-corrected chi connectivity index (χ4v) is 3.85. The molecular weight excluding hydrogens is 271 g/mol. The van der Waals surface area contributed by atoms with Crippen LogP contribution in [0.25, 0.3) is 11.0 Å². The Kier molecular flexibility index (Phi) is 3.24. The summed E-state index contributed by atoms with van der Waals surface area (Å²) in [6.45, 7) is 6.43. The maximum Gasteiger partial charge on any atom is 0.178 e. The molecule has 20 heavy (non-hydrogen) atoms. The highest BCUT2D eigenvalue weighted by molar-refractivity contribution is 7.71. The lowest BCUT2D eigenvalue weighted by atomic mass is 9.73. The Morgan fingerprint density at radius 1 is 1.35 bits per heavy atom. The van der Waals surface area contributed by atoms with Gasteiger partial charge in [0.05, 0.1) is 11.0 Å². The molecule has 0 spiro atoms. The molecule has 1 aliphatic rings. The van der Waals surface area contributed by atoms with Crippen LogP contribution in [0.1, 0.15) is 51.1 Å². The molecule has 1 heterocycles. The molecule has 1 fully saturated rings. The van der Waals surface area contributed by atoms with Crippen molar-refractivity contribution in [1.29, 1.82) is 0 Å². The van der Waals surface area contributed by atoms with Crippen molar-refractivity contribution in [2.45, 2.75) is 52.5 Å². The third-order valence-corrected chi connectivity index (χ3v) is 5.06. The van der Waals surface area contributed by atoms with E-state index in [1.54, 1.807) is 13.0 Å². The molecular formula is C16H21FN2S. The van der Waals surface area contributed by atoms with Crippen molar-refractivity contribution in [3.05, 3.63) is 28.3 Å². The second-order valence-corrected chi connectivity index (χ2v) is 7.06. The van der Waals surface area contributed by atoms with E-state index < -0.39 is 0 Å². The molecule has 108 valence electrons. The highest BCUT2D eigenvalue weighted by atomic mass is 32.1. The molecule has 1 unspecified atom stereocenters. The molecule has 0 aliphatic heterocycles. The lowest BCUT2D eigenvalue weighted by Gasteiger charge is -2.39. The summed E-state index contributed by atoms with van der Waals surface area (Å²) in [5, 5.41) is 0. The Labute approximate surface area is 124 Å². The Morgan fingerprint density at radius 2 is 2.10 bits per heavy atom. The summed E-state index contributed by atoms with van der Waals surface area (Å²) in [6.07, 6.45) is 4.88. The molecule has 4 heteroatoms. The lowest BCUT2D eigenvalue weighted by molar-refractivity contribution is 0.146. The van der Waals surface area contributed by atoms with Gasteiger partial charge in [0.1, 0.15) is 5.82 Å². The Balaban J connectivity index is 2.23. The molecule has 0 saturated heterocycles. The fraction of sp³-hybridized carbons (Fsp3) is 0.562. The van der Waals surface area contributed by atoms with Crippen LogP contribution >= 0.6 is 12.2 Å². The number of hydrogen-bond acceptors (Lipinski definition) is 1. The number of benzene rings is 1. The summed E-state index contributed by atoms with van der Waals surface area (Å²) in [5.41, 5.74) is 2.75. The van der Waals surface area contributed by atoms with Crippen LogP contribution in [-0.2, 0) is 0 Å². The number of nitrogens with one attached hydrogen (secondary N) is 1. The zero-order valence-corrected chi connectivity index (χ0v) is 13.1. The molecule has 0 radical (unpaired) electrons. The maximum atomic E-state index is 13.7. The number of rotatable bonds is 1. The third-order valence-electron chi connectivity index (χ3n) is 4.76. The van der Waals surface area contributed by atoms with E-state index in [2.05, 4.69) is 23.4 Å². The zero-order chi connectivity index (χ0) is 14.5. The maximum absolute atomic E-state index is 13.7. The predicted molar refractivity (Wildman–Crippen MR) is 83.1 cm³/mol. The van der Waals surface area contributed by atoms with Gasteiger partial charge in [0.25, 0.3) is 0 Å². The quantitative estimate of drug-likeness (QED) is 0.708. The van der Waals surface area contributed by atoms with E-state index in [4.69, 9.17) is 12.2 Å². The Morgan fingerprint density at radius 3 is 2.80 bits per heavy atom. The number of halogens is 1. The molecule has 1 N–H and O–H groups in total. The van der Waals surface area contributed by atoms with Crippen LogP contribution in [0.5, 0.6) is 0 Å². The van der Waals surface area contributed by atoms with E-state index in [-0.39, 0.29) is 11.2 Å². The van der Waals surface area contributed by atoms with Crippen molar-refractivity contribution in [3.8, 4) is 0 Å². The van der Waals surface area contributed by atoms with E-state index in [9.17, 15) is 4.39 Å². The van der Waals surface area contributed by atoms with Crippen molar-refractivity contribution < 1.29 is 4.39 Å². The average molecular weight is 292 g/mol. The van der Waals surface area contributed by atoms with Gasteiger partial charge < -0.3 is 9.55 Å². The highest BCUT2D eigenvalue weighted by Gasteiger charge is 2.34. The molecule has 2 nitrogen and oxygen atoms in total. The van der Waals surface area contributed by atoms with Gasteiger partial charge in [0.2, 0.25) is 0 Å². The van der Waals surface area contributed by atoms with Crippen molar-refractivity contribution >= 4 is 23.3 Å². The van der Waals surface area contributed by atoms with E-state index >= 15 is 0 Å². The monoisotopic (exact) mass is 292 g/mol. The van der Waals surface area contributed by atoms with E-state index in [0.717, 1.165) is 17.5 Å². The minimum Gasteiger partial charge on any atom is -0.330 e. The Bertz CT molecular complexity index is 711. The Hall–Kier alpha value is -1.16. The van der Waals surface area contributed by atoms with Crippen LogP contribution in [0.2, 0.25) is 0 Å². The van der Waals surface area contributed by atoms with E-state index in [1.165, 1.54) is 19.3 Å². The standard InChI is InChI=1S/C16H21FN2S/c1-10-8-13-12(9-11(10)17)18-15(20)19(13)14-6-4-5-7-16(14,2)3/h8-9,14H,4-7H2,1-3H3,(H,18,20). The van der Waals surface area contributed by atoms with Crippen LogP contribution in [0.3, 0.4) is 0 Å². The van der Waals surface area contributed by atoms with Crippen LogP contribution in [0, 0.1) is 22.9 Å². The number of aromatic nitrogens is 2. The first-order chi connectivity index (χ1) is 9.40. The topological polar surface area (TPSA) is 20.7 Å². The normalized spacial score (nSPS) is 22.3. The first-order valence-electron chi connectivity index (χ1n) is 7.30. The zero-order valence-electron chi connectivity index (χ0n) is 12.3. The number of fused-ring (bicyclic) bond motifs is 1. The molecule has 1 aliphatic carbocycles. The van der Waals surface area contributed by atoms with Crippen molar-refractivity contribution in [2.75, 3.05) is 0 Å². The molecule has 1 atom stereocenters. The van der Waals surface area contributed by atoms with Gasteiger partial charge in [-0.25, -0.2) is 4.39 Å². The van der Waals surface area contributed by atoms with Crippen molar-refractivity contribution in [3.63, 3.8) is 0 Å². The van der Waals surface area contributed by atoms with Crippen LogP contribution < -0.4 is 0 Å². The molecule has 1 aromatic heterocycles. The number of hydrogen-bond donors (Lipinski definition) is 1. The van der Waals surface area contributed by atoms with E-state index in [0.29, 0.717) is 16.4 Å². The van der Waals surface area contributed by atoms with Gasteiger partial charge in [-0.1, -0.05) is 26.7 Å². The molecule has 3 rings (SSSR count). The second-order valence-electron chi connectivity index (χ2n) is 6.67. The van der Waals surface area contributed by atoms with Crippen LogP contribution in [0.15, 0.2) is 12.1 Å². The largest absolute Gasteiger partial charge is 0.330 e. The van der Waals surface area contributed by atoms with Gasteiger partial charge in [-0.05, 0) is 55.1 Å². The molecule has 0 amide bonds. The van der Waals surface area contributed by atoms with Gasteiger partial charge in [0.15, 0.2) is 4.77 Å². The average Bonchev–Trinajstić information content (AvgIpc) is 2.65. The van der Waals surface area contributed by atoms with Crippen LogP contribution in [-0.4, -0.2) is 9.55 Å². The lowest BCUT2D eigenvalue weighted by Crippen LogP contribution is -2.30. The van der Waals surface area contributed by atoms with Crippen molar-refractivity contribution in [2.24, 2.45) is 5.41 Å². The fourth-order valence-electron chi connectivity index (χ4n) is 3.51. The first kappa shape index (κ1) is 13.8. The summed E-state index contributed by atoms with van der Waals surface area (Å²) >= 11 is 5.51. The van der Waals surface area contributed by atoms with Gasteiger partial charge >= 0.3 is 0 Å². The minimum atomic E-state index is -0.177. The molecule has 1 aromatic carbocycles. The summed E-state index contributed by atoms with van der Waals surface area (Å²) in [6, 6.07) is 3.87. The van der Waals surface area contributed by atoms with E-state index in [1.807, 2.05) is 6.07 Å². The van der Waals surface area contributed by atoms with Gasteiger partial charge in [-0.15, -0.1) is 0 Å². The molecule has 2 aromatic rings. The first-order valence-corrected chi connectivity index (χ1v) is 7.71. The van der Waals surface area contributed by atoms with Gasteiger partial charge in [0, 0.05) is 6.04 Å². The van der Waals surface area contributed by atoms with Gasteiger partial charge in [-0.2, -0.15) is 0 Å². The number of H-pyrrole nitrogens is 1. The minimum absolute atomic E-state index is 0.177. The van der Waals surface area contributed by atoms with Crippen LogP contribution in [0.4, 0.5) is 4.39 Å². The molecule has 1 saturated carbocycles. The summed E-state index contributed by atoms with van der Waals surface area (Å²) < 4.78 is 16.7. The van der Waals surface area contributed by atoms with Gasteiger partial charge in [-0.3, -0.25) is 0 Å². The highest BCUT2D eigenvalue weighted by Crippen LogP contribution is 2.45. The van der Waals surface area contributed by atoms with Crippen molar-refractivity contribution in [1.82, 2.24) is 9.55 Å². The number of nitrogens with zero attached hydrogens (tertiary/aromatic N) is 1. The SMILES string of the molecule is Cc1cc2c(cc1F)[nH]c(=S)n2C1CCCCC1(C)C. The summed E-state index contributed by atoms with van der Waals surface area (Å²) in [4.78, 5) is 3.17. The number of imidazole rings is 1. The molecule has 0 bridgehead atoms. The predicted octanol–water partition coefficient (Wildman–Crippen LogP) is 5.29. The summed E-state index contributed by atoms with van der Waals surface area (Å²) in [5.74, 6) is -0.177. The second kappa shape index (κ2) is 4.69. The third kappa shape index (κ3) is 2.10. The summed E-state index contributed by atoms with van der Waals surface area (Å²) in [7, 11) is 0.